The van der Waals surface area contributed by atoms with Crippen molar-refractivity contribution in [1.29, 1.82) is 0 Å². The molecular formula is C32H27N7O2. The standard InChI is InChI=1S/C32H27N7O2/c1-18-10-20(32-37-28(17-41-32)19-6-4-3-5-7-19)8-9-23(18)27-11-21-12-29(34-15-26(21)30(33)36-27)38-31(40)25-13-24(25)22-14-35-39(2)16-22/h3-12,14-17,24-25H,13H2,1-2H3,(H2,33,36)(H,34,38,40)/t24-,25+/m0/s1. The number of amides is 1. The molecule has 4 aromatic heterocycles. The van der Waals surface area contributed by atoms with E-state index >= 15 is 0 Å². The predicted molar refractivity (Wildman–Crippen MR) is 158 cm³/mol. The van der Waals surface area contributed by atoms with Gasteiger partial charge in [0.1, 0.15) is 23.6 Å². The Labute approximate surface area is 236 Å². The molecule has 4 heterocycles. The van der Waals surface area contributed by atoms with E-state index in [-0.39, 0.29) is 17.7 Å². The van der Waals surface area contributed by atoms with Crippen LogP contribution in [0.3, 0.4) is 0 Å². The number of carbonyl (C=O) groups is 1. The Balaban J connectivity index is 1.13. The van der Waals surface area contributed by atoms with Crippen molar-refractivity contribution in [1.82, 2.24) is 24.7 Å². The molecule has 0 aliphatic heterocycles. The van der Waals surface area contributed by atoms with Crippen LogP contribution < -0.4 is 11.1 Å². The number of anilines is 2. The zero-order chi connectivity index (χ0) is 28.1. The van der Waals surface area contributed by atoms with Gasteiger partial charge in [-0.3, -0.25) is 9.48 Å². The van der Waals surface area contributed by atoms with Gasteiger partial charge in [0.25, 0.3) is 0 Å². The molecule has 1 saturated carbocycles. The molecule has 3 N–H and O–H groups in total. The third-order valence-electron chi connectivity index (χ3n) is 7.60. The topological polar surface area (TPSA) is 125 Å². The SMILES string of the molecule is Cc1cc(-c2nc(-c3ccccc3)co2)ccc1-c1cc2cc(NC(=O)[C@@H]3C[C@H]3c3cnn(C)c3)ncc2c(N)n1. The Kier molecular flexibility index (Phi) is 5.85. The molecule has 2 aromatic carbocycles. The number of hydrogen-bond acceptors (Lipinski definition) is 7. The van der Waals surface area contributed by atoms with Gasteiger partial charge < -0.3 is 15.5 Å². The van der Waals surface area contributed by atoms with E-state index < -0.39 is 0 Å². The van der Waals surface area contributed by atoms with Crippen LogP contribution >= 0.6 is 0 Å². The average Bonchev–Trinajstić information content (AvgIpc) is 3.40. The van der Waals surface area contributed by atoms with Gasteiger partial charge in [-0.05, 0) is 60.0 Å². The van der Waals surface area contributed by atoms with Crippen LogP contribution in [0, 0.1) is 12.8 Å². The number of hydrogen-bond donors (Lipinski definition) is 2. The van der Waals surface area contributed by atoms with E-state index in [2.05, 4.69) is 25.4 Å². The van der Waals surface area contributed by atoms with E-state index in [0.29, 0.717) is 17.5 Å². The molecule has 1 fully saturated rings. The van der Waals surface area contributed by atoms with Crippen molar-refractivity contribution in [3.05, 3.63) is 96.6 Å². The lowest BCUT2D eigenvalue weighted by molar-refractivity contribution is -0.117. The van der Waals surface area contributed by atoms with Crippen LogP contribution in [0.25, 0.3) is 44.7 Å². The van der Waals surface area contributed by atoms with Crippen LogP contribution in [0.1, 0.15) is 23.5 Å². The molecule has 0 unspecified atom stereocenters. The number of nitrogens with one attached hydrogen (secondary N) is 1. The molecule has 9 heteroatoms. The number of nitrogens with two attached hydrogens (primary N) is 1. The number of carbonyl (C=O) groups excluding carboxylic acids is 1. The molecule has 0 bridgehead atoms. The zero-order valence-electron chi connectivity index (χ0n) is 22.6. The Morgan fingerprint density at radius 2 is 1.88 bits per heavy atom. The highest BCUT2D eigenvalue weighted by molar-refractivity contribution is 5.99. The second kappa shape index (κ2) is 9.71. The van der Waals surface area contributed by atoms with Gasteiger partial charge in [0.05, 0.1) is 11.9 Å². The van der Waals surface area contributed by atoms with Crippen molar-refractivity contribution in [3.63, 3.8) is 0 Å². The summed E-state index contributed by atoms with van der Waals surface area (Å²) in [6, 6.07) is 19.8. The number of pyridine rings is 2. The summed E-state index contributed by atoms with van der Waals surface area (Å²) in [6.07, 6.45) is 7.93. The molecular weight excluding hydrogens is 514 g/mol. The van der Waals surface area contributed by atoms with Crippen molar-refractivity contribution in [2.45, 2.75) is 19.3 Å². The summed E-state index contributed by atoms with van der Waals surface area (Å²) < 4.78 is 7.55. The van der Waals surface area contributed by atoms with E-state index in [1.165, 1.54) is 0 Å². The Bertz CT molecular complexity index is 1930. The van der Waals surface area contributed by atoms with Crippen molar-refractivity contribution in [2.75, 3.05) is 11.1 Å². The second-order valence-electron chi connectivity index (χ2n) is 10.5. The van der Waals surface area contributed by atoms with E-state index in [1.807, 2.05) is 87.0 Å². The molecule has 7 rings (SSSR count). The number of nitrogen functional groups attached to an aromatic ring is 1. The van der Waals surface area contributed by atoms with Crippen LogP contribution in [0.15, 0.2) is 89.9 Å². The molecule has 2 atom stereocenters. The minimum absolute atomic E-state index is 0.0404. The first-order chi connectivity index (χ1) is 19.9. The first-order valence-corrected chi connectivity index (χ1v) is 13.4. The predicted octanol–water partition coefficient (Wildman–Crippen LogP) is 5.99. The van der Waals surface area contributed by atoms with Crippen LogP contribution in [0.2, 0.25) is 0 Å². The smallest absolute Gasteiger partial charge is 0.229 e. The third kappa shape index (κ3) is 4.71. The van der Waals surface area contributed by atoms with Crippen LogP contribution in [0.5, 0.6) is 0 Å². The molecule has 0 saturated heterocycles. The van der Waals surface area contributed by atoms with Gasteiger partial charge in [0.15, 0.2) is 0 Å². The lowest BCUT2D eigenvalue weighted by Gasteiger charge is -2.11. The van der Waals surface area contributed by atoms with Gasteiger partial charge in [0.2, 0.25) is 11.8 Å². The highest BCUT2D eigenvalue weighted by Gasteiger charge is 2.44. The summed E-state index contributed by atoms with van der Waals surface area (Å²) in [6.45, 7) is 2.02. The lowest BCUT2D eigenvalue weighted by atomic mass is 10.0. The number of nitrogens with zero attached hydrogens (tertiary/aromatic N) is 5. The molecule has 0 spiro atoms. The first kappa shape index (κ1) is 24.7. The summed E-state index contributed by atoms with van der Waals surface area (Å²) in [4.78, 5) is 26.7. The molecule has 9 nitrogen and oxygen atoms in total. The highest BCUT2D eigenvalue weighted by atomic mass is 16.3. The summed E-state index contributed by atoms with van der Waals surface area (Å²) in [7, 11) is 1.88. The van der Waals surface area contributed by atoms with Crippen LogP contribution in [0.4, 0.5) is 11.6 Å². The van der Waals surface area contributed by atoms with Crippen molar-refractivity contribution in [2.24, 2.45) is 13.0 Å². The van der Waals surface area contributed by atoms with Crippen LogP contribution in [-0.2, 0) is 11.8 Å². The quantitative estimate of drug-likeness (QED) is 0.265. The average molecular weight is 542 g/mol. The second-order valence-corrected chi connectivity index (χ2v) is 10.5. The summed E-state index contributed by atoms with van der Waals surface area (Å²) in [5, 5.41) is 8.77. The van der Waals surface area contributed by atoms with Crippen molar-refractivity contribution < 1.29 is 9.21 Å². The number of benzene rings is 2. The molecule has 1 amide bonds. The normalized spacial score (nSPS) is 16.1. The largest absolute Gasteiger partial charge is 0.444 e. The Morgan fingerprint density at radius 3 is 2.66 bits per heavy atom. The maximum absolute atomic E-state index is 12.9. The highest BCUT2D eigenvalue weighted by Crippen LogP contribution is 2.47. The van der Waals surface area contributed by atoms with E-state index in [0.717, 1.165) is 56.4 Å². The molecule has 0 radical (unpaired) electrons. The number of oxazole rings is 1. The summed E-state index contributed by atoms with van der Waals surface area (Å²) in [5.74, 6) is 1.50. The summed E-state index contributed by atoms with van der Waals surface area (Å²) in [5.41, 5.74) is 12.8. The fourth-order valence-electron chi connectivity index (χ4n) is 5.32. The fraction of sp³-hybridized carbons (Fsp3) is 0.156. The van der Waals surface area contributed by atoms with Gasteiger partial charge in [-0.15, -0.1) is 0 Å². The van der Waals surface area contributed by atoms with Crippen molar-refractivity contribution in [3.8, 4) is 34.0 Å². The Hall–Kier alpha value is -5.31. The maximum atomic E-state index is 12.9. The van der Waals surface area contributed by atoms with Gasteiger partial charge >= 0.3 is 0 Å². The molecule has 41 heavy (non-hydrogen) atoms. The number of aryl methyl sites for hydroxylation is 2. The lowest BCUT2D eigenvalue weighted by Crippen LogP contribution is -2.15. The minimum Gasteiger partial charge on any atom is -0.444 e. The van der Waals surface area contributed by atoms with E-state index in [4.69, 9.17) is 10.2 Å². The first-order valence-electron chi connectivity index (χ1n) is 13.4. The van der Waals surface area contributed by atoms with Gasteiger partial charge in [-0.1, -0.05) is 36.4 Å². The molecule has 6 aromatic rings. The molecule has 1 aliphatic carbocycles. The number of aromatic nitrogens is 5. The minimum atomic E-state index is -0.0802. The van der Waals surface area contributed by atoms with E-state index in [9.17, 15) is 4.79 Å². The molecule has 202 valence electrons. The molecule has 1 aliphatic rings. The zero-order valence-corrected chi connectivity index (χ0v) is 22.6. The van der Waals surface area contributed by atoms with Crippen molar-refractivity contribution >= 4 is 28.3 Å². The fourth-order valence-corrected chi connectivity index (χ4v) is 5.32. The maximum Gasteiger partial charge on any atom is 0.229 e. The monoisotopic (exact) mass is 541 g/mol. The van der Waals surface area contributed by atoms with Crippen LogP contribution in [-0.4, -0.2) is 30.6 Å². The third-order valence-corrected chi connectivity index (χ3v) is 7.60. The summed E-state index contributed by atoms with van der Waals surface area (Å²) >= 11 is 0. The Morgan fingerprint density at radius 1 is 1.02 bits per heavy atom. The van der Waals surface area contributed by atoms with E-state index in [1.54, 1.807) is 17.1 Å². The number of fused-ring (bicyclic) bond motifs is 1. The van der Waals surface area contributed by atoms with Gasteiger partial charge in [-0.2, -0.15) is 5.10 Å². The van der Waals surface area contributed by atoms with Gasteiger partial charge in [-0.25, -0.2) is 15.0 Å². The number of rotatable bonds is 6. The van der Waals surface area contributed by atoms with Gasteiger partial charge in [0, 0.05) is 47.4 Å².